The van der Waals surface area contributed by atoms with Gasteiger partial charge in [-0.1, -0.05) is 36.4 Å². The van der Waals surface area contributed by atoms with Crippen LogP contribution in [0.4, 0.5) is 4.39 Å². The van der Waals surface area contributed by atoms with Crippen LogP contribution >= 0.6 is 0 Å². The first kappa shape index (κ1) is 16.4. The Bertz CT molecular complexity index is 1260. The van der Waals surface area contributed by atoms with Gasteiger partial charge >= 0.3 is 0 Å². The van der Waals surface area contributed by atoms with Gasteiger partial charge < -0.3 is 4.98 Å². The van der Waals surface area contributed by atoms with Crippen molar-refractivity contribution in [2.24, 2.45) is 0 Å². The summed E-state index contributed by atoms with van der Waals surface area (Å²) in [5.41, 5.74) is 4.51. The van der Waals surface area contributed by atoms with E-state index in [4.69, 9.17) is 4.98 Å². The minimum Gasteiger partial charge on any atom is -0.337 e. The molecule has 28 heavy (non-hydrogen) atoms. The first-order valence-corrected chi connectivity index (χ1v) is 9.03. The molecular weight excluding hydrogens is 349 g/mol. The maximum Gasteiger partial charge on any atom is 0.138 e. The molecule has 0 aliphatic carbocycles. The molecule has 0 saturated carbocycles. The number of nitrogens with one attached hydrogen (secondary N) is 1. The van der Waals surface area contributed by atoms with Crippen molar-refractivity contribution in [2.75, 3.05) is 0 Å². The lowest BCUT2D eigenvalue weighted by molar-refractivity contribution is 0.628. The summed E-state index contributed by atoms with van der Waals surface area (Å²) in [6.45, 7) is 0. The molecule has 0 spiro atoms. The van der Waals surface area contributed by atoms with Crippen LogP contribution in [0, 0.1) is 5.82 Å². The van der Waals surface area contributed by atoms with Gasteiger partial charge in [0.25, 0.3) is 0 Å². The number of H-pyrrole nitrogens is 1. The zero-order valence-electron chi connectivity index (χ0n) is 14.9. The fourth-order valence-corrected chi connectivity index (χ4v) is 3.39. The molecule has 3 nitrogen and oxygen atoms in total. The van der Waals surface area contributed by atoms with Crippen molar-refractivity contribution in [3.05, 3.63) is 97.1 Å². The molecule has 0 unspecified atom stereocenters. The van der Waals surface area contributed by atoms with Gasteiger partial charge in [-0.15, -0.1) is 0 Å². The summed E-state index contributed by atoms with van der Waals surface area (Å²) in [6, 6.07) is 24.8. The van der Waals surface area contributed by atoms with Crippen molar-refractivity contribution in [1.82, 2.24) is 15.0 Å². The number of fused-ring (bicyclic) bond motifs is 1. The maximum absolute atomic E-state index is 13.4. The first-order valence-electron chi connectivity index (χ1n) is 9.03. The molecule has 0 amide bonds. The Morgan fingerprint density at radius 3 is 2.18 bits per heavy atom. The van der Waals surface area contributed by atoms with Crippen molar-refractivity contribution >= 4 is 10.8 Å². The Morgan fingerprint density at radius 1 is 0.679 bits per heavy atom. The Balaban J connectivity index is 1.69. The molecule has 2 aromatic heterocycles. The number of aromatic nitrogens is 3. The zero-order valence-corrected chi connectivity index (χ0v) is 14.9. The summed E-state index contributed by atoms with van der Waals surface area (Å²) in [5.74, 6) is 0.511. The lowest BCUT2D eigenvalue weighted by Gasteiger charge is -2.02. The van der Waals surface area contributed by atoms with E-state index in [2.05, 4.69) is 40.3 Å². The highest BCUT2D eigenvalue weighted by molar-refractivity contribution is 5.88. The minimum absolute atomic E-state index is 0.264. The van der Waals surface area contributed by atoms with Gasteiger partial charge in [-0.05, 0) is 53.2 Å². The number of benzene rings is 3. The summed E-state index contributed by atoms with van der Waals surface area (Å²) in [7, 11) is 0. The third-order valence-corrected chi connectivity index (χ3v) is 4.81. The molecule has 0 aliphatic rings. The highest BCUT2D eigenvalue weighted by Gasteiger charge is 2.15. The van der Waals surface area contributed by atoms with Crippen LogP contribution in [-0.2, 0) is 0 Å². The Hall–Kier alpha value is -3.79. The molecule has 0 fully saturated rings. The lowest BCUT2D eigenvalue weighted by Crippen LogP contribution is -1.84. The van der Waals surface area contributed by atoms with Crippen molar-refractivity contribution in [3.63, 3.8) is 0 Å². The molecule has 0 radical (unpaired) electrons. The predicted molar refractivity (Wildman–Crippen MR) is 110 cm³/mol. The molecular formula is C24H16FN3. The number of halogens is 1. The molecule has 0 bridgehead atoms. The second kappa shape index (κ2) is 6.74. The summed E-state index contributed by atoms with van der Waals surface area (Å²) in [6.07, 6.45) is 3.50. The van der Waals surface area contributed by atoms with E-state index < -0.39 is 0 Å². The van der Waals surface area contributed by atoms with Crippen molar-refractivity contribution < 1.29 is 4.39 Å². The maximum atomic E-state index is 13.4. The zero-order chi connectivity index (χ0) is 18.9. The van der Waals surface area contributed by atoms with Crippen LogP contribution in [0.5, 0.6) is 0 Å². The molecule has 0 aliphatic heterocycles. The van der Waals surface area contributed by atoms with Crippen LogP contribution in [0.25, 0.3) is 44.7 Å². The SMILES string of the molecule is Fc1ccc(-c2nc(-c3ccc4ccccc4c3)[nH]c2-c2ccncc2)cc1. The fourth-order valence-electron chi connectivity index (χ4n) is 3.39. The number of pyridine rings is 1. The lowest BCUT2D eigenvalue weighted by atomic mass is 10.1. The smallest absolute Gasteiger partial charge is 0.138 e. The third-order valence-electron chi connectivity index (χ3n) is 4.81. The topological polar surface area (TPSA) is 41.6 Å². The van der Waals surface area contributed by atoms with Crippen LogP contribution in [0.3, 0.4) is 0 Å². The molecule has 4 heteroatoms. The normalized spacial score (nSPS) is 11.0. The van der Waals surface area contributed by atoms with E-state index >= 15 is 0 Å². The van der Waals surface area contributed by atoms with E-state index in [0.29, 0.717) is 0 Å². The average molecular weight is 365 g/mol. The third kappa shape index (κ3) is 2.95. The molecule has 0 atom stereocenters. The average Bonchev–Trinajstić information content (AvgIpc) is 3.20. The molecule has 5 rings (SSSR count). The number of aromatic amines is 1. The minimum atomic E-state index is -0.264. The Kier molecular flexibility index (Phi) is 3.95. The second-order valence-electron chi connectivity index (χ2n) is 6.61. The first-order chi connectivity index (χ1) is 13.8. The number of hydrogen-bond donors (Lipinski definition) is 1. The van der Waals surface area contributed by atoms with E-state index in [-0.39, 0.29) is 5.82 Å². The molecule has 134 valence electrons. The van der Waals surface area contributed by atoms with E-state index in [1.54, 1.807) is 24.5 Å². The monoisotopic (exact) mass is 365 g/mol. The van der Waals surface area contributed by atoms with Crippen LogP contribution < -0.4 is 0 Å². The summed E-state index contributed by atoms with van der Waals surface area (Å²) in [5, 5.41) is 2.34. The van der Waals surface area contributed by atoms with E-state index in [1.807, 2.05) is 24.3 Å². The standard InChI is InChI=1S/C24H16FN3/c25-21-9-7-17(8-10-21)22-23(18-11-13-26-14-12-18)28-24(27-22)20-6-5-16-3-1-2-4-19(16)15-20/h1-15H,(H,27,28). The van der Waals surface area contributed by atoms with E-state index in [1.165, 1.54) is 17.5 Å². The van der Waals surface area contributed by atoms with Gasteiger partial charge in [0.2, 0.25) is 0 Å². The summed E-state index contributed by atoms with van der Waals surface area (Å²) in [4.78, 5) is 12.4. The van der Waals surface area contributed by atoms with E-state index in [9.17, 15) is 4.39 Å². The number of imidazole rings is 1. The number of nitrogens with zero attached hydrogens (tertiary/aromatic N) is 2. The Morgan fingerprint density at radius 2 is 1.39 bits per heavy atom. The summed E-state index contributed by atoms with van der Waals surface area (Å²) < 4.78 is 13.4. The molecule has 5 aromatic rings. The fraction of sp³-hybridized carbons (Fsp3) is 0. The Labute approximate surface area is 161 Å². The largest absolute Gasteiger partial charge is 0.337 e. The molecule has 1 N–H and O–H groups in total. The quantitative estimate of drug-likeness (QED) is 0.420. The van der Waals surface area contributed by atoms with Gasteiger partial charge in [-0.2, -0.15) is 0 Å². The van der Waals surface area contributed by atoms with Gasteiger partial charge in [0, 0.05) is 29.1 Å². The van der Waals surface area contributed by atoms with Crippen LogP contribution in [0.15, 0.2) is 91.3 Å². The van der Waals surface area contributed by atoms with Gasteiger partial charge in [0.05, 0.1) is 11.4 Å². The van der Waals surface area contributed by atoms with Gasteiger partial charge in [0.1, 0.15) is 11.6 Å². The highest BCUT2D eigenvalue weighted by Crippen LogP contribution is 2.33. The van der Waals surface area contributed by atoms with Crippen molar-refractivity contribution in [3.8, 4) is 33.9 Å². The van der Waals surface area contributed by atoms with Crippen LogP contribution in [0.2, 0.25) is 0 Å². The molecule has 3 aromatic carbocycles. The van der Waals surface area contributed by atoms with Crippen LogP contribution in [0.1, 0.15) is 0 Å². The number of rotatable bonds is 3. The van der Waals surface area contributed by atoms with Crippen molar-refractivity contribution in [2.45, 2.75) is 0 Å². The van der Waals surface area contributed by atoms with Crippen molar-refractivity contribution in [1.29, 1.82) is 0 Å². The predicted octanol–water partition coefficient (Wildman–Crippen LogP) is 6.10. The van der Waals surface area contributed by atoms with Gasteiger partial charge in [-0.3, -0.25) is 4.98 Å². The second-order valence-corrected chi connectivity index (χ2v) is 6.61. The van der Waals surface area contributed by atoms with Gasteiger partial charge in [0.15, 0.2) is 0 Å². The van der Waals surface area contributed by atoms with Gasteiger partial charge in [-0.25, -0.2) is 9.37 Å². The van der Waals surface area contributed by atoms with Crippen LogP contribution in [-0.4, -0.2) is 15.0 Å². The summed E-state index contributed by atoms with van der Waals surface area (Å²) >= 11 is 0. The number of hydrogen-bond acceptors (Lipinski definition) is 2. The molecule has 0 saturated heterocycles. The molecule has 2 heterocycles. The highest BCUT2D eigenvalue weighted by atomic mass is 19.1. The van der Waals surface area contributed by atoms with E-state index in [0.717, 1.165) is 39.3 Å².